The normalized spacial score (nSPS) is 10.0. The van der Waals surface area contributed by atoms with Gasteiger partial charge in [0, 0.05) is 18.3 Å². The van der Waals surface area contributed by atoms with Gasteiger partial charge in [-0.2, -0.15) is 9.46 Å². The second-order valence-corrected chi connectivity index (χ2v) is 5.71. The molecule has 24 heavy (non-hydrogen) atoms. The summed E-state index contributed by atoms with van der Waals surface area (Å²) in [4.78, 5) is 3.66. The van der Waals surface area contributed by atoms with Crippen molar-refractivity contribution in [2.45, 2.75) is 0 Å². The van der Waals surface area contributed by atoms with Crippen molar-refractivity contribution < 1.29 is 13.9 Å². The molecule has 0 aliphatic rings. The number of rotatable bonds is 1. The van der Waals surface area contributed by atoms with Crippen LogP contribution in [-0.4, -0.2) is 4.98 Å². The highest BCUT2D eigenvalue weighted by Gasteiger charge is 2.10. The van der Waals surface area contributed by atoms with Gasteiger partial charge < -0.3 is 10.4 Å². The van der Waals surface area contributed by atoms with E-state index in [1.54, 1.807) is 12.1 Å². The number of hydrogen-bond donors (Lipinski definition) is 0. The van der Waals surface area contributed by atoms with Gasteiger partial charge in [0.2, 0.25) is 5.69 Å². The van der Waals surface area contributed by atoms with E-state index in [1.165, 1.54) is 36.8 Å². The summed E-state index contributed by atoms with van der Waals surface area (Å²) in [5.74, 6) is -0.484. The van der Waals surface area contributed by atoms with Crippen molar-refractivity contribution in [3.63, 3.8) is 0 Å². The molecule has 5 nitrogen and oxygen atoms in total. The third kappa shape index (κ3) is 4.92. The number of hydrogen-bond acceptors (Lipinski definition) is 3. The van der Waals surface area contributed by atoms with Crippen molar-refractivity contribution in [1.82, 2.24) is 4.98 Å². The van der Waals surface area contributed by atoms with Crippen molar-refractivity contribution in [3.8, 4) is 11.3 Å². The SMILES string of the molecule is [O-][n+]1cc(Cl)ccc1-c1cncc(F)c1.[O-][n+]1cc(Cl)ccc1Cl. The Morgan fingerprint density at radius 2 is 1.50 bits per heavy atom. The van der Waals surface area contributed by atoms with Crippen LogP contribution in [0.4, 0.5) is 4.39 Å². The molecule has 0 spiro atoms. The quantitative estimate of drug-likeness (QED) is 0.362. The molecule has 0 aliphatic heterocycles. The summed E-state index contributed by atoms with van der Waals surface area (Å²) in [6, 6.07) is 7.32. The second kappa shape index (κ2) is 8.10. The molecule has 0 aliphatic carbocycles. The Labute approximate surface area is 151 Å². The highest BCUT2D eigenvalue weighted by atomic mass is 35.5. The third-order valence-electron chi connectivity index (χ3n) is 2.71. The molecule has 0 aromatic carbocycles. The lowest BCUT2D eigenvalue weighted by atomic mass is 10.2. The molecule has 0 atom stereocenters. The molecule has 0 N–H and O–H groups in total. The van der Waals surface area contributed by atoms with Crippen LogP contribution in [0.5, 0.6) is 0 Å². The van der Waals surface area contributed by atoms with E-state index in [9.17, 15) is 14.8 Å². The van der Waals surface area contributed by atoms with Gasteiger partial charge in [0.25, 0.3) is 5.15 Å². The summed E-state index contributed by atoms with van der Waals surface area (Å²) in [5.41, 5.74) is 0.730. The molecule has 3 aromatic rings. The summed E-state index contributed by atoms with van der Waals surface area (Å²) in [6.45, 7) is 0. The minimum atomic E-state index is -0.484. The fourth-order valence-electron chi connectivity index (χ4n) is 1.67. The Balaban J connectivity index is 0.000000198. The average Bonchev–Trinajstić information content (AvgIpc) is 2.52. The first-order chi connectivity index (χ1) is 11.4. The molecule has 3 heterocycles. The standard InChI is InChI=1S/C10H6ClFN2O.C5H3Cl2NO/c11-8-1-2-10(14(15)6-8)7-3-9(12)5-13-4-7;6-4-1-2-5(7)8(9)3-4/h1-6H;1-3H. The lowest BCUT2D eigenvalue weighted by Crippen LogP contribution is -2.28. The Morgan fingerprint density at radius 3 is 2.04 bits per heavy atom. The highest BCUT2D eigenvalue weighted by molar-refractivity contribution is 6.31. The smallest absolute Gasteiger partial charge is 0.286 e. The van der Waals surface area contributed by atoms with Gasteiger partial charge in [0.15, 0.2) is 12.4 Å². The molecule has 0 unspecified atom stereocenters. The number of aromatic nitrogens is 3. The molecule has 0 bridgehead atoms. The molecule has 0 fully saturated rings. The van der Waals surface area contributed by atoms with Gasteiger partial charge in [-0.15, -0.1) is 0 Å². The van der Waals surface area contributed by atoms with Crippen molar-refractivity contribution in [1.29, 1.82) is 0 Å². The minimum Gasteiger partial charge on any atom is -0.618 e. The summed E-state index contributed by atoms with van der Waals surface area (Å²) >= 11 is 16.4. The van der Waals surface area contributed by atoms with Crippen LogP contribution in [0.25, 0.3) is 11.3 Å². The largest absolute Gasteiger partial charge is 0.618 e. The monoisotopic (exact) mass is 387 g/mol. The molecule has 0 saturated heterocycles. The van der Waals surface area contributed by atoms with Crippen molar-refractivity contribution in [2.75, 3.05) is 0 Å². The van der Waals surface area contributed by atoms with Gasteiger partial charge in [-0.3, -0.25) is 4.98 Å². The second-order valence-electron chi connectivity index (χ2n) is 4.45. The molecule has 124 valence electrons. The van der Waals surface area contributed by atoms with E-state index in [2.05, 4.69) is 4.98 Å². The summed E-state index contributed by atoms with van der Waals surface area (Å²) in [6.07, 6.45) is 4.90. The van der Waals surface area contributed by atoms with E-state index in [0.717, 1.165) is 6.20 Å². The topological polar surface area (TPSA) is 66.8 Å². The number of nitrogens with zero attached hydrogens (tertiary/aromatic N) is 3. The van der Waals surface area contributed by atoms with Gasteiger partial charge in [-0.25, -0.2) is 4.39 Å². The van der Waals surface area contributed by atoms with Crippen LogP contribution in [0.15, 0.2) is 55.1 Å². The van der Waals surface area contributed by atoms with Crippen LogP contribution in [0.2, 0.25) is 15.2 Å². The van der Waals surface area contributed by atoms with E-state index in [4.69, 9.17) is 34.8 Å². The fourth-order valence-corrected chi connectivity index (χ4v) is 2.09. The average molecular weight is 389 g/mol. The maximum atomic E-state index is 12.9. The van der Waals surface area contributed by atoms with Gasteiger partial charge in [-0.05, 0) is 29.8 Å². The van der Waals surface area contributed by atoms with E-state index < -0.39 is 5.82 Å². The Hall–Kier alpha value is -2.15. The van der Waals surface area contributed by atoms with Crippen molar-refractivity contribution in [2.24, 2.45) is 0 Å². The summed E-state index contributed by atoms with van der Waals surface area (Å²) in [5, 5.41) is 22.8. The molecule has 0 radical (unpaired) electrons. The van der Waals surface area contributed by atoms with Gasteiger partial charge >= 0.3 is 0 Å². The summed E-state index contributed by atoms with van der Waals surface area (Å²) in [7, 11) is 0. The third-order valence-corrected chi connectivity index (χ3v) is 3.45. The molecular formula is C15H9Cl3FN3O2. The molecule has 0 saturated carbocycles. The first kappa shape index (κ1) is 18.2. The van der Waals surface area contributed by atoms with Crippen LogP contribution in [0, 0.1) is 16.2 Å². The van der Waals surface area contributed by atoms with Crippen LogP contribution >= 0.6 is 34.8 Å². The van der Waals surface area contributed by atoms with Gasteiger partial charge in [0.1, 0.15) is 15.9 Å². The Kier molecular flexibility index (Phi) is 6.14. The van der Waals surface area contributed by atoms with Crippen LogP contribution in [-0.2, 0) is 0 Å². The van der Waals surface area contributed by atoms with E-state index in [-0.39, 0.29) is 5.15 Å². The Bertz CT molecular complexity index is 865. The van der Waals surface area contributed by atoms with E-state index in [0.29, 0.717) is 30.8 Å². The van der Waals surface area contributed by atoms with E-state index >= 15 is 0 Å². The Morgan fingerprint density at radius 1 is 0.875 bits per heavy atom. The van der Waals surface area contributed by atoms with Crippen LogP contribution in [0.1, 0.15) is 0 Å². The molecule has 3 rings (SSSR count). The number of pyridine rings is 3. The van der Waals surface area contributed by atoms with Crippen LogP contribution < -0.4 is 9.46 Å². The van der Waals surface area contributed by atoms with Crippen LogP contribution in [0.3, 0.4) is 0 Å². The first-order valence-corrected chi connectivity index (χ1v) is 7.54. The first-order valence-electron chi connectivity index (χ1n) is 6.40. The zero-order valence-corrected chi connectivity index (χ0v) is 14.1. The van der Waals surface area contributed by atoms with E-state index in [1.807, 2.05) is 0 Å². The molecule has 9 heteroatoms. The summed E-state index contributed by atoms with van der Waals surface area (Å²) < 4.78 is 13.9. The van der Waals surface area contributed by atoms with Crippen molar-refractivity contribution in [3.05, 3.63) is 86.5 Å². The predicted molar refractivity (Wildman–Crippen MR) is 89.0 cm³/mol. The maximum absolute atomic E-state index is 12.9. The minimum absolute atomic E-state index is 0.124. The molecular weight excluding hydrogens is 380 g/mol. The number of halogens is 4. The predicted octanol–water partition coefficient (Wildman–Crippen LogP) is 3.80. The highest BCUT2D eigenvalue weighted by Crippen LogP contribution is 2.16. The molecule has 0 amide bonds. The van der Waals surface area contributed by atoms with Crippen molar-refractivity contribution >= 4 is 34.8 Å². The zero-order chi connectivity index (χ0) is 17.7. The molecule has 3 aromatic heterocycles. The zero-order valence-electron chi connectivity index (χ0n) is 11.9. The van der Waals surface area contributed by atoms with Gasteiger partial charge in [-0.1, -0.05) is 23.2 Å². The lowest BCUT2D eigenvalue weighted by Gasteiger charge is -2.03. The maximum Gasteiger partial charge on any atom is 0.286 e. The lowest BCUT2D eigenvalue weighted by molar-refractivity contribution is -0.602. The fraction of sp³-hybridized carbons (Fsp3) is 0. The van der Waals surface area contributed by atoms with Gasteiger partial charge in [0.05, 0.1) is 11.8 Å².